The number of hydrogen-bond acceptors (Lipinski definition) is 6. The van der Waals surface area contributed by atoms with E-state index in [0.29, 0.717) is 19.3 Å². The summed E-state index contributed by atoms with van der Waals surface area (Å²) in [5.41, 5.74) is 0. The summed E-state index contributed by atoms with van der Waals surface area (Å²) in [6.45, 7) is 6.29. The first-order valence-corrected chi connectivity index (χ1v) is 28.8. The second-order valence-electron chi connectivity index (χ2n) is 18.4. The fourth-order valence-electron chi connectivity index (χ4n) is 7.31. The van der Waals surface area contributed by atoms with Crippen molar-refractivity contribution in [2.24, 2.45) is 0 Å². The van der Waals surface area contributed by atoms with E-state index in [1.54, 1.807) is 0 Å². The van der Waals surface area contributed by atoms with E-state index in [1.807, 2.05) is 12.2 Å². The van der Waals surface area contributed by atoms with E-state index in [2.05, 4.69) is 154 Å². The summed E-state index contributed by atoms with van der Waals surface area (Å²) >= 11 is 0. The van der Waals surface area contributed by atoms with Crippen LogP contribution < -0.4 is 0 Å². The number of allylic oxidation sites excluding steroid dienone is 24. The van der Waals surface area contributed by atoms with Crippen LogP contribution in [0.15, 0.2) is 146 Å². The van der Waals surface area contributed by atoms with Gasteiger partial charge in [-0.1, -0.05) is 231 Å². The van der Waals surface area contributed by atoms with Gasteiger partial charge in [-0.05, 0) is 128 Å². The lowest BCUT2D eigenvalue weighted by Crippen LogP contribution is -2.30. The van der Waals surface area contributed by atoms with Crippen LogP contribution in [0.3, 0.4) is 0 Å². The Bertz CT molecular complexity index is 1610. The third kappa shape index (κ3) is 56.2. The predicted molar refractivity (Wildman–Crippen MR) is 311 cm³/mol. The lowest BCUT2D eigenvalue weighted by atomic mass is 10.1. The second-order valence-corrected chi connectivity index (χ2v) is 18.4. The lowest BCUT2D eigenvalue weighted by molar-refractivity contribution is -0.166. The Morgan fingerprint density at radius 2 is 0.569 bits per heavy atom. The Morgan fingerprint density at radius 3 is 0.958 bits per heavy atom. The molecule has 0 aliphatic carbocycles. The van der Waals surface area contributed by atoms with Crippen LogP contribution in [0.1, 0.15) is 233 Å². The van der Waals surface area contributed by atoms with Gasteiger partial charge in [0, 0.05) is 19.3 Å². The molecule has 0 aliphatic rings. The summed E-state index contributed by atoms with van der Waals surface area (Å²) in [7, 11) is 0. The summed E-state index contributed by atoms with van der Waals surface area (Å²) in [6.07, 6.45) is 84.3. The molecule has 0 aromatic heterocycles. The maximum absolute atomic E-state index is 12.8. The molecule has 0 heterocycles. The van der Waals surface area contributed by atoms with Gasteiger partial charge < -0.3 is 14.2 Å². The number of carbonyl (C=O) groups excluding carboxylic acids is 3. The maximum Gasteiger partial charge on any atom is 0.306 e. The van der Waals surface area contributed by atoms with Gasteiger partial charge >= 0.3 is 17.9 Å². The Kier molecular flexibility index (Phi) is 55.0. The smallest absolute Gasteiger partial charge is 0.306 e. The van der Waals surface area contributed by atoms with E-state index in [0.717, 1.165) is 128 Å². The summed E-state index contributed by atoms with van der Waals surface area (Å²) in [5.74, 6) is -1.06. The third-order valence-corrected chi connectivity index (χ3v) is 11.6. The molecular weight excluding hydrogens is 889 g/mol. The predicted octanol–water partition coefficient (Wildman–Crippen LogP) is 19.6. The van der Waals surface area contributed by atoms with E-state index >= 15 is 0 Å². The normalized spacial score (nSPS) is 13.2. The molecule has 0 N–H and O–H groups in total. The van der Waals surface area contributed by atoms with E-state index < -0.39 is 6.10 Å². The molecule has 0 saturated heterocycles. The Hall–Kier alpha value is -4.71. The van der Waals surface area contributed by atoms with Crippen LogP contribution in [0.4, 0.5) is 0 Å². The number of esters is 3. The standard InChI is InChI=1S/C66H104O6/c1-4-7-10-13-16-19-22-25-27-29-30-31-32-33-34-35-36-37-39-41-44-47-50-53-56-59-65(68)71-62-63(61-70-64(67)58-55-52-49-46-43-40-24-21-18-15-12-9-6-3)72-66(69)60-57-54-51-48-45-42-38-28-26-23-20-17-14-11-8-5-2/h7,9-10,12,16,18-19,21,25,27-28,30-31,33-34,36-38,40-41,43-44,49,52,63H,4-6,8,11,13-15,17,20,22-24,26,29,32,35,39,42,45-48,50-51,53-62H2,1-3H3/b10-7-,12-9-,19-16-,21-18-,27-25-,31-30-,34-33-,37-36-,38-28-,43-40-,44-41-,52-49-. The van der Waals surface area contributed by atoms with E-state index in [9.17, 15) is 14.4 Å². The molecule has 6 heteroatoms. The molecule has 0 rings (SSSR count). The molecule has 0 bridgehead atoms. The van der Waals surface area contributed by atoms with Crippen molar-refractivity contribution < 1.29 is 28.6 Å². The Labute approximate surface area is 442 Å². The molecule has 0 spiro atoms. The van der Waals surface area contributed by atoms with Crippen molar-refractivity contribution in [2.75, 3.05) is 13.2 Å². The zero-order chi connectivity index (χ0) is 52.2. The Morgan fingerprint density at radius 1 is 0.292 bits per heavy atom. The Balaban J connectivity index is 4.51. The first-order valence-electron chi connectivity index (χ1n) is 28.8. The van der Waals surface area contributed by atoms with Crippen molar-refractivity contribution in [3.8, 4) is 0 Å². The highest BCUT2D eigenvalue weighted by atomic mass is 16.6. The van der Waals surface area contributed by atoms with Gasteiger partial charge in [-0.15, -0.1) is 0 Å². The van der Waals surface area contributed by atoms with Crippen LogP contribution in [0.2, 0.25) is 0 Å². The molecule has 0 aliphatic heterocycles. The number of hydrogen-bond donors (Lipinski definition) is 0. The molecule has 0 aromatic rings. The summed E-state index contributed by atoms with van der Waals surface area (Å²) in [6, 6.07) is 0. The largest absolute Gasteiger partial charge is 0.462 e. The highest BCUT2D eigenvalue weighted by Crippen LogP contribution is 2.13. The third-order valence-electron chi connectivity index (χ3n) is 11.6. The molecule has 1 atom stereocenters. The molecule has 1 unspecified atom stereocenters. The SMILES string of the molecule is CC/C=C\C/C=C\C/C=C\C/C=C\C/C=C\C/C=C\C/C=C\CCCCCC(=O)OCC(COC(=O)CC/C=C\C/C=C\C/C=C\C/C=C\CC)OC(=O)CCCCCCC/C=C\CCCCCCCCC. The molecule has 0 saturated carbocycles. The molecular formula is C66H104O6. The average molecular weight is 994 g/mol. The van der Waals surface area contributed by atoms with Crippen molar-refractivity contribution in [3.63, 3.8) is 0 Å². The molecule has 404 valence electrons. The van der Waals surface area contributed by atoms with Gasteiger partial charge in [-0.3, -0.25) is 14.4 Å². The van der Waals surface area contributed by atoms with Crippen LogP contribution >= 0.6 is 0 Å². The van der Waals surface area contributed by atoms with Crippen molar-refractivity contribution in [1.82, 2.24) is 0 Å². The first kappa shape index (κ1) is 67.3. The van der Waals surface area contributed by atoms with Crippen molar-refractivity contribution in [3.05, 3.63) is 146 Å². The van der Waals surface area contributed by atoms with E-state index in [1.165, 1.54) is 57.8 Å². The van der Waals surface area contributed by atoms with Gasteiger partial charge in [-0.2, -0.15) is 0 Å². The highest BCUT2D eigenvalue weighted by molar-refractivity contribution is 5.71. The monoisotopic (exact) mass is 993 g/mol. The molecule has 0 fully saturated rings. The van der Waals surface area contributed by atoms with Gasteiger partial charge in [0.05, 0.1) is 0 Å². The zero-order valence-electron chi connectivity index (χ0n) is 46.1. The summed E-state index contributed by atoms with van der Waals surface area (Å²) in [5, 5.41) is 0. The fourth-order valence-corrected chi connectivity index (χ4v) is 7.31. The topological polar surface area (TPSA) is 78.9 Å². The van der Waals surface area contributed by atoms with Crippen LogP contribution in [-0.2, 0) is 28.6 Å². The number of rotatable bonds is 50. The minimum Gasteiger partial charge on any atom is -0.462 e. The average Bonchev–Trinajstić information content (AvgIpc) is 3.38. The number of unbranched alkanes of at least 4 members (excludes halogenated alkanes) is 15. The maximum atomic E-state index is 12.8. The van der Waals surface area contributed by atoms with Gasteiger partial charge in [0.25, 0.3) is 0 Å². The van der Waals surface area contributed by atoms with E-state index in [4.69, 9.17) is 14.2 Å². The van der Waals surface area contributed by atoms with Crippen molar-refractivity contribution in [1.29, 1.82) is 0 Å². The zero-order valence-corrected chi connectivity index (χ0v) is 46.1. The van der Waals surface area contributed by atoms with Crippen LogP contribution in [0, 0.1) is 0 Å². The van der Waals surface area contributed by atoms with Crippen molar-refractivity contribution in [2.45, 2.75) is 239 Å². The highest BCUT2D eigenvalue weighted by Gasteiger charge is 2.19. The molecule has 6 nitrogen and oxygen atoms in total. The first-order chi connectivity index (χ1) is 35.5. The van der Waals surface area contributed by atoms with Gasteiger partial charge in [0.15, 0.2) is 6.10 Å². The number of ether oxygens (including phenoxy) is 3. The van der Waals surface area contributed by atoms with Crippen LogP contribution in [0.5, 0.6) is 0 Å². The quantitative estimate of drug-likeness (QED) is 0.0261. The lowest BCUT2D eigenvalue weighted by Gasteiger charge is -2.18. The van der Waals surface area contributed by atoms with Crippen LogP contribution in [-0.4, -0.2) is 37.2 Å². The van der Waals surface area contributed by atoms with Gasteiger partial charge in [-0.25, -0.2) is 0 Å². The molecule has 0 radical (unpaired) electrons. The minimum atomic E-state index is -0.832. The van der Waals surface area contributed by atoms with Gasteiger partial charge in [0.1, 0.15) is 13.2 Å². The van der Waals surface area contributed by atoms with Crippen LogP contribution in [0.25, 0.3) is 0 Å². The summed E-state index contributed by atoms with van der Waals surface area (Å²) in [4.78, 5) is 38.1. The number of carbonyl (C=O) groups is 3. The second kappa shape index (κ2) is 58.9. The van der Waals surface area contributed by atoms with Gasteiger partial charge in [0.2, 0.25) is 0 Å². The molecule has 72 heavy (non-hydrogen) atoms. The van der Waals surface area contributed by atoms with E-state index in [-0.39, 0.29) is 37.5 Å². The van der Waals surface area contributed by atoms with Crippen molar-refractivity contribution >= 4 is 17.9 Å². The molecule has 0 aromatic carbocycles. The summed E-state index contributed by atoms with van der Waals surface area (Å²) < 4.78 is 16.7. The fraction of sp³-hybridized carbons (Fsp3) is 0.591. The minimum absolute atomic E-state index is 0.126. The molecule has 0 amide bonds.